The van der Waals surface area contributed by atoms with E-state index in [1.54, 1.807) is 0 Å². The van der Waals surface area contributed by atoms with Crippen LogP contribution in [-0.2, 0) is 0 Å². The van der Waals surface area contributed by atoms with Crippen molar-refractivity contribution >= 4 is 6.21 Å². The second-order valence-corrected chi connectivity index (χ2v) is 5.82. The Hall–Kier alpha value is -2.75. The molecule has 1 heterocycles. The highest BCUT2D eigenvalue weighted by atomic mass is 15.8. The molecule has 1 aliphatic rings. The molecule has 4 rings (SSSR count). The van der Waals surface area contributed by atoms with Crippen LogP contribution in [0.15, 0.2) is 96.0 Å². The van der Waals surface area contributed by atoms with Gasteiger partial charge in [0, 0.05) is 6.21 Å². The minimum Gasteiger partial charge on any atom is -0.267 e. The molecule has 118 valence electrons. The van der Waals surface area contributed by atoms with Crippen LogP contribution in [0, 0.1) is 0 Å². The molecule has 3 atom stereocenters. The van der Waals surface area contributed by atoms with Gasteiger partial charge in [-0.05, 0) is 16.7 Å². The summed E-state index contributed by atoms with van der Waals surface area (Å²) in [6.07, 6.45) is 2.11. The number of hydrogen-bond donors (Lipinski definition) is 1. The first-order chi connectivity index (χ1) is 11.9. The fourth-order valence-corrected chi connectivity index (χ4v) is 2.83. The Bertz CT molecular complexity index is 800. The lowest BCUT2D eigenvalue weighted by atomic mass is 10.1. The van der Waals surface area contributed by atoms with E-state index in [9.17, 15) is 0 Å². The molecule has 3 nitrogen and oxygen atoms in total. The van der Waals surface area contributed by atoms with E-state index in [-0.39, 0.29) is 12.3 Å². The zero-order valence-electron chi connectivity index (χ0n) is 13.3. The van der Waals surface area contributed by atoms with Gasteiger partial charge >= 0.3 is 0 Å². The van der Waals surface area contributed by atoms with Gasteiger partial charge in [0.05, 0.1) is 0 Å². The maximum Gasteiger partial charge on any atom is 0.142 e. The topological polar surface area (TPSA) is 37.3 Å². The molecule has 0 aromatic heterocycles. The zero-order valence-corrected chi connectivity index (χ0v) is 13.3. The van der Waals surface area contributed by atoms with Gasteiger partial charge in [-0.1, -0.05) is 91.0 Å². The van der Waals surface area contributed by atoms with E-state index in [2.05, 4.69) is 71.1 Å². The van der Waals surface area contributed by atoms with Crippen LogP contribution in [0.4, 0.5) is 0 Å². The fraction of sp³-hybridized carbons (Fsp3) is 0.0952. The van der Waals surface area contributed by atoms with E-state index < -0.39 is 0 Å². The van der Waals surface area contributed by atoms with Crippen LogP contribution in [0.2, 0.25) is 0 Å². The van der Waals surface area contributed by atoms with Crippen LogP contribution < -0.4 is 5.43 Å². The average Bonchev–Trinajstić information content (AvgIpc) is 3.45. The summed E-state index contributed by atoms with van der Waals surface area (Å²) in [5, 5.41) is 2.18. The highest BCUT2D eigenvalue weighted by Crippen LogP contribution is 2.37. The van der Waals surface area contributed by atoms with Gasteiger partial charge in [0.1, 0.15) is 12.3 Å². The number of nitrogens with zero attached hydrogens (tertiary/aromatic N) is 2. The van der Waals surface area contributed by atoms with Gasteiger partial charge in [-0.15, -0.1) is 0 Å². The Morgan fingerprint density at radius 2 is 1.38 bits per heavy atom. The van der Waals surface area contributed by atoms with Crippen molar-refractivity contribution in [2.24, 2.45) is 4.99 Å². The van der Waals surface area contributed by atoms with Crippen LogP contribution in [0.25, 0.3) is 0 Å². The van der Waals surface area contributed by atoms with Crippen LogP contribution in [-0.4, -0.2) is 11.2 Å². The summed E-state index contributed by atoms with van der Waals surface area (Å²) in [4.78, 5) is 4.84. The van der Waals surface area contributed by atoms with Crippen molar-refractivity contribution < 1.29 is 0 Å². The molecule has 3 aromatic carbocycles. The lowest BCUT2D eigenvalue weighted by Gasteiger charge is -2.13. The first kappa shape index (κ1) is 14.8. The molecule has 0 spiro atoms. The fourth-order valence-electron chi connectivity index (χ4n) is 2.83. The third-order valence-corrected chi connectivity index (χ3v) is 4.12. The SMILES string of the molecule is C(=NC(c1ccccc1)N1NC1c1ccccc1)c1ccccc1. The molecule has 0 bridgehead atoms. The van der Waals surface area contributed by atoms with Gasteiger partial charge in [-0.25, -0.2) is 5.43 Å². The maximum absolute atomic E-state index is 4.84. The number of benzene rings is 3. The zero-order chi connectivity index (χ0) is 16.2. The number of hydrazine groups is 1. The van der Waals surface area contributed by atoms with Crippen molar-refractivity contribution in [1.82, 2.24) is 10.4 Å². The molecule has 0 saturated carbocycles. The van der Waals surface area contributed by atoms with Crippen molar-refractivity contribution in [3.8, 4) is 0 Å². The quantitative estimate of drug-likeness (QED) is 0.562. The molecular formula is C21H19N3. The summed E-state index contributed by atoms with van der Waals surface area (Å²) in [5.41, 5.74) is 6.98. The van der Waals surface area contributed by atoms with Crippen LogP contribution >= 0.6 is 0 Å². The first-order valence-corrected chi connectivity index (χ1v) is 8.14. The summed E-state index contributed by atoms with van der Waals surface area (Å²) in [7, 11) is 0. The van der Waals surface area contributed by atoms with Crippen molar-refractivity contribution in [1.29, 1.82) is 0 Å². The van der Waals surface area contributed by atoms with Gasteiger partial charge in [-0.3, -0.25) is 4.99 Å². The third-order valence-electron chi connectivity index (χ3n) is 4.12. The summed E-state index contributed by atoms with van der Waals surface area (Å²) in [6.45, 7) is 0. The standard InChI is InChI=1S/C21H19N3/c1-4-10-17(11-5-1)16-22-20(18-12-6-2-7-13-18)24-21(23-24)19-14-8-3-9-15-19/h1-16,20-21,23H. The number of rotatable bonds is 5. The predicted octanol–water partition coefficient (Wildman–Crippen LogP) is 4.32. The van der Waals surface area contributed by atoms with Gasteiger partial charge in [0.15, 0.2) is 0 Å². The number of aliphatic imine (C=N–C) groups is 1. The second-order valence-electron chi connectivity index (χ2n) is 5.82. The molecule has 0 radical (unpaired) electrons. The lowest BCUT2D eigenvalue weighted by molar-refractivity contribution is 0.372. The summed E-state index contributed by atoms with van der Waals surface area (Å²) >= 11 is 0. The molecule has 3 aromatic rings. The molecule has 0 amide bonds. The molecule has 24 heavy (non-hydrogen) atoms. The highest BCUT2D eigenvalue weighted by molar-refractivity contribution is 5.79. The van der Waals surface area contributed by atoms with Gasteiger partial charge in [0.25, 0.3) is 0 Å². The highest BCUT2D eigenvalue weighted by Gasteiger charge is 2.40. The van der Waals surface area contributed by atoms with Crippen LogP contribution in [0.5, 0.6) is 0 Å². The molecule has 1 fully saturated rings. The first-order valence-electron chi connectivity index (χ1n) is 8.14. The molecule has 3 heteroatoms. The van der Waals surface area contributed by atoms with E-state index in [0.717, 1.165) is 5.56 Å². The third kappa shape index (κ3) is 3.27. The Morgan fingerprint density at radius 3 is 2.04 bits per heavy atom. The lowest BCUT2D eigenvalue weighted by Crippen LogP contribution is -2.10. The van der Waals surface area contributed by atoms with E-state index >= 15 is 0 Å². The Morgan fingerprint density at radius 1 is 0.792 bits per heavy atom. The molecule has 0 aliphatic carbocycles. The van der Waals surface area contributed by atoms with Gasteiger partial charge < -0.3 is 0 Å². The van der Waals surface area contributed by atoms with Crippen LogP contribution in [0.1, 0.15) is 29.0 Å². The minimum absolute atomic E-state index is 0.0448. The Labute approximate surface area is 142 Å². The van der Waals surface area contributed by atoms with Crippen LogP contribution in [0.3, 0.4) is 0 Å². The van der Waals surface area contributed by atoms with E-state index in [1.165, 1.54) is 11.1 Å². The molecule has 1 N–H and O–H groups in total. The van der Waals surface area contributed by atoms with Crippen molar-refractivity contribution in [2.45, 2.75) is 12.3 Å². The number of nitrogens with one attached hydrogen (secondary N) is 1. The number of hydrogen-bond acceptors (Lipinski definition) is 3. The Balaban J connectivity index is 1.59. The molecule has 3 unspecified atom stereocenters. The normalized spacial score (nSPS) is 20.8. The van der Waals surface area contributed by atoms with E-state index in [0.29, 0.717) is 0 Å². The summed E-state index contributed by atoms with van der Waals surface area (Å²) in [5.74, 6) is 0. The smallest absolute Gasteiger partial charge is 0.142 e. The van der Waals surface area contributed by atoms with E-state index in [1.807, 2.05) is 36.5 Å². The van der Waals surface area contributed by atoms with E-state index in [4.69, 9.17) is 4.99 Å². The molecular weight excluding hydrogens is 294 g/mol. The largest absolute Gasteiger partial charge is 0.267 e. The van der Waals surface area contributed by atoms with Crippen molar-refractivity contribution in [3.63, 3.8) is 0 Å². The van der Waals surface area contributed by atoms with Crippen molar-refractivity contribution in [3.05, 3.63) is 108 Å². The molecule has 1 saturated heterocycles. The predicted molar refractivity (Wildman–Crippen MR) is 97.4 cm³/mol. The molecule has 1 aliphatic heterocycles. The average molecular weight is 313 g/mol. The second kappa shape index (κ2) is 6.79. The monoisotopic (exact) mass is 313 g/mol. The Kier molecular flexibility index (Phi) is 4.19. The maximum atomic E-state index is 4.84. The summed E-state index contributed by atoms with van der Waals surface area (Å²) in [6, 6.07) is 31.0. The van der Waals surface area contributed by atoms with Gasteiger partial charge in [-0.2, -0.15) is 5.01 Å². The van der Waals surface area contributed by atoms with Gasteiger partial charge in [0.2, 0.25) is 0 Å². The summed E-state index contributed by atoms with van der Waals surface area (Å²) < 4.78 is 0. The van der Waals surface area contributed by atoms with Crippen molar-refractivity contribution in [2.75, 3.05) is 0 Å². The minimum atomic E-state index is -0.0448.